The van der Waals surface area contributed by atoms with Gasteiger partial charge in [-0.15, -0.1) is 0 Å². The molecule has 1 amide bonds. The van der Waals surface area contributed by atoms with Crippen LogP contribution in [0.4, 0.5) is 11.5 Å². The molecule has 0 radical (unpaired) electrons. The number of pyridine rings is 1. The average Bonchev–Trinajstić information content (AvgIpc) is 2.83. The lowest BCUT2D eigenvalue weighted by molar-refractivity contribution is 0.0977. The number of para-hydroxylation sites is 1. The lowest BCUT2D eigenvalue weighted by Gasteiger charge is -2.23. The topological polar surface area (TPSA) is 45.2 Å². The van der Waals surface area contributed by atoms with E-state index in [0.717, 1.165) is 12.1 Å². The molecule has 1 N–H and O–H groups in total. The fourth-order valence-electron chi connectivity index (χ4n) is 2.72. The van der Waals surface area contributed by atoms with E-state index in [2.05, 4.69) is 16.4 Å². The highest BCUT2D eigenvalue weighted by atomic mass is 35.5. The van der Waals surface area contributed by atoms with E-state index < -0.39 is 0 Å². The highest BCUT2D eigenvalue weighted by Crippen LogP contribution is 2.33. The number of carbonyl (C=O) groups excluding carboxylic acids is 1. The van der Waals surface area contributed by atoms with Crippen molar-refractivity contribution >= 4 is 29.0 Å². The van der Waals surface area contributed by atoms with Crippen molar-refractivity contribution in [2.75, 3.05) is 17.3 Å². The first-order chi connectivity index (χ1) is 10.1. The second kappa shape index (κ2) is 5.37. The maximum absolute atomic E-state index is 12.9. The second-order valence-corrected chi connectivity index (χ2v) is 5.54. The molecule has 0 saturated carbocycles. The summed E-state index contributed by atoms with van der Waals surface area (Å²) in [5.74, 6) is 0.470. The van der Waals surface area contributed by atoms with Crippen molar-refractivity contribution in [2.24, 2.45) is 0 Å². The molecule has 0 saturated heterocycles. The number of nitrogens with zero attached hydrogens (tertiary/aromatic N) is 2. The Bertz CT molecular complexity index is 702. The fraction of sp³-hybridized carbons (Fsp3) is 0.250. The smallest absolute Gasteiger partial charge is 0.278 e. The number of nitrogens with one attached hydrogen (secondary N) is 1. The summed E-state index contributed by atoms with van der Waals surface area (Å²) >= 11 is 6.16. The van der Waals surface area contributed by atoms with Crippen LogP contribution in [0.3, 0.4) is 0 Å². The lowest BCUT2D eigenvalue weighted by Crippen LogP contribution is -2.36. The third kappa shape index (κ3) is 2.36. The SMILES string of the molecule is CNc1ccc(Cl)c(C(=O)N2c3ccccc3CC2C)n1. The Balaban J connectivity index is 2.03. The van der Waals surface area contributed by atoms with Gasteiger partial charge in [-0.05, 0) is 37.1 Å². The van der Waals surface area contributed by atoms with Crippen molar-refractivity contribution in [1.29, 1.82) is 0 Å². The number of rotatable bonds is 2. The van der Waals surface area contributed by atoms with Crippen LogP contribution < -0.4 is 10.2 Å². The normalized spacial score (nSPS) is 16.7. The second-order valence-electron chi connectivity index (χ2n) is 5.13. The number of halogens is 1. The summed E-state index contributed by atoms with van der Waals surface area (Å²) in [6.45, 7) is 2.04. The molecule has 0 spiro atoms. The van der Waals surface area contributed by atoms with Crippen molar-refractivity contribution < 1.29 is 4.79 Å². The number of carbonyl (C=O) groups is 1. The van der Waals surface area contributed by atoms with Crippen molar-refractivity contribution in [3.63, 3.8) is 0 Å². The number of hydrogen-bond donors (Lipinski definition) is 1. The van der Waals surface area contributed by atoms with Crippen molar-refractivity contribution in [1.82, 2.24) is 4.98 Å². The van der Waals surface area contributed by atoms with E-state index in [4.69, 9.17) is 11.6 Å². The van der Waals surface area contributed by atoms with E-state index in [1.807, 2.05) is 25.1 Å². The molecule has 3 rings (SSSR count). The Hall–Kier alpha value is -2.07. The summed E-state index contributed by atoms with van der Waals surface area (Å²) in [7, 11) is 1.76. The van der Waals surface area contributed by atoms with Crippen LogP contribution in [0.2, 0.25) is 5.02 Å². The van der Waals surface area contributed by atoms with Gasteiger partial charge in [0.25, 0.3) is 5.91 Å². The van der Waals surface area contributed by atoms with E-state index in [9.17, 15) is 4.79 Å². The van der Waals surface area contributed by atoms with Gasteiger partial charge in [0.15, 0.2) is 0 Å². The quantitative estimate of drug-likeness (QED) is 0.925. The van der Waals surface area contributed by atoms with Crippen molar-refractivity contribution in [3.8, 4) is 0 Å². The zero-order chi connectivity index (χ0) is 15.0. The summed E-state index contributed by atoms with van der Waals surface area (Å²) < 4.78 is 0. The maximum Gasteiger partial charge on any atom is 0.278 e. The van der Waals surface area contributed by atoms with Crippen LogP contribution in [0.5, 0.6) is 0 Å². The van der Waals surface area contributed by atoms with Gasteiger partial charge in [0, 0.05) is 18.8 Å². The number of aromatic nitrogens is 1. The Morgan fingerprint density at radius 3 is 2.86 bits per heavy atom. The van der Waals surface area contributed by atoms with Crippen LogP contribution in [0, 0.1) is 0 Å². The van der Waals surface area contributed by atoms with Crippen LogP contribution in [0.15, 0.2) is 36.4 Å². The Morgan fingerprint density at radius 1 is 1.33 bits per heavy atom. The van der Waals surface area contributed by atoms with Gasteiger partial charge in [-0.2, -0.15) is 0 Å². The summed E-state index contributed by atoms with van der Waals surface area (Å²) in [6.07, 6.45) is 0.852. The van der Waals surface area contributed by atoms with E-state index in [-0.39, 0.29) is 17.6 Å². The zero-order valence-electron chi connectivity index (χ0n) is 11.9. The monoisotopic (exact) mass is 301 g/mol. The zero-order valence-corrected chi connectivity index (χ0v) is 12.7. The molecule has 108 valence electrons. The first-order valence-electron chi connectivity index (χ1n) is 6.87. The van der Waals surface area contributed by atoms with Crippen molar-refractivity contribution in [3.05, 3.63) is 52.7 Å². The summed E-state index contributed by atoms with van der Waals surface area (Å²) in [5.41, 5.74) is 2.41. The highest BCUT2D eigenvalue weighted by Gasteiger charge is 2.32. The van der Waals surface area contributed by atoms with Gasteiger partial charge in [-0.1, -0.05) is 29.8 Å². The molecule has 0 fully saturated rings. The van der Waals surface area contributed by atoms with Crippen LogP contribution in [-0.2, 0) is 6.42 Å². The molecule has 21 heavy (non-hydrogen) atoms. The molecule has 1 aliphatic heterocycles. The molecule has 0 aliphatic carbocycles. The van der Waals surface area contributed by atoms with Gasteiger partial charge in [0.2, 0.25) is 0 Å². The summed E-state index contributed by atoms with van der Waals surface area (Å²) in [6, 6.07) is 11.5. The van der Waals surface area contributed by atoms with Gasteiger partial charge in [0.1, 0.15) is 11.5 Å². The summed E-state index contributed by atoms with van der Waals surface area (Å²) in [5, 5.41) is 3.30. The molecule has 1 aromatic carbocycles. The van der Waals surface area contributed by atoms with Gasteiger partial charge in [0.05, 0.1) is 5.02 Å². The largest absolute Gasteiger partial charge is 0.373 e. The Labute approximate surface area is 128 Å². The van der Waals surface area contributed by atoms with Gasteiger partial charge in [-0.25, -0.2) is 4.98 Å². The van der Waals surface area contributed by atoms with E-state index in [1.165, 1.54) is 5.56 Å². The average molecular weight is 302 g/mol. The Kier molecular flexibility index (Phi) is 3.55. The van der Waals surface area contributed by atoms with E-state index >= 15 is 0 Å². The minimum atomic E-state index is -0.158. The molecule has 1 aromatic heterocycles. The number of anilines is 2. The molecule has 1 aliphatic rings. The van der Waals surface area contributed by atoms with Crippen LogP contribution in [-0.4, -0.2) is 24.0 Å². The first kappa shape index (κ1) is 13.9. The molecule has 2 aromatic rings. The number of hydrogen-bond acceptors (Lipinski definition) is 3. The third-order valence-corrected chi connectivity index (χ3v) is 4.04. The molecule has 1 unspecified atom stereocenters. The molecular weight excluding hydrogens is 286 g/mol. The van der Waals surface area contributed by atoms with Crippen molar-refractivity contribution in [2.45, 2.75) is 19.4 Å². The van der Waals surface area contributed by atoms with Gasteiger partial charge >= 0.3 is 0 Å². The van der Waals surface area contributed by atoms with E-state index in [1.54, 1.807) is 24.1 Å². The van der Waals surface area contributed by atoms with Gasteiger partial charge in [-0.3, -0.25) is 4.79 Å². The minimum absolute atomic E-state index is 0.103. The first-order valence-corrected chi connectivity index (χ1v) is 7.25. The van der Waals surface area contributed by atoms with Crippen LogP contribution >= 0.6 is 11.6 Å². The highest BCUT2D eigenvalue weighted by molar-refractivity contribution is 6.34. The van der Waals surface area contributed by atoms with Crippen LogP contribution in [0.1, 0.15) is 23.0 Å². The van der Waals surface area contributed by atoms with Gasteiger partial charge < -0.3 is 10.2 Å². The molecule has 2 heterocycles. The number of benzene rings is 1. The molecule has 5 heteroatoms. The maximum atomic E-state index is 12.9. The van der Waals surface area contributed by atoms with E-state index in [0.29, 0.717) is 10.8 Å². The third-order valence-electron chi connectivity index (χ3n) is 3.73. The Morgan fingerprint density at radius 2 is 2.10 bits per heavy atom. The minimum Gasteiger partial charge on any atom is -0.373 e. The molecule has 0 bridgehead atoms. The molecule has 4 nitrogen and oxygen atoms in total. The lowest BCUT2D eigenvalue weighted by atomic mass is 10.1. The fourth-order valence-corrected chi connectivity index (χ4v) is 2.91. The summed E-state index contributed by atoms with van der Waals surface area (Å²) in [4.78, 5) is 18.9. The molecule has 1 atom stereocenters. The predicted octanol–water partition coefficient (Wildman–Crippen LogP) is 3.37. The predicted molar refractivity (Wildman–Crippen MR) is 85.2 cm³/mol. The molecular formula is C16H16ClN3O. The van der Waals surface area contributed by atoms with Crippen LogP contribution in [0.25, 0.3) is 0 Å². The number of amides is 1. The number of fused-ring (bicyclic) bond motifs is 1. The standard InChI is InChI=1S/C16H16ClN3O/c1-10-9-11-5-3-4-6-13(11)20(10)16(21)15-12(17)7-8-14(18-2)19-15/h3-8,10H,9H2,1-2H3,(H,18,19).